The third kappa shape index (κ3) is 4.44. The smallest absolute Gasteiger partial charge is 0.251 e. The summed E-state index contributed by atoms with van der Waals surface area (Å²) in [6.45, 7) is 4.02. The van der Waals surface area contributed by atoms with Gasteiger partial charge in [-0.15, -0.1) is 0 Å². The van der Waals surface area contributed by atoms with E-state index in [1.165, 1.54) is 6.07 Å². The van der Waals surface area contributed by atoms with Gasteiger partial charge in [-0.3, -0.25) is 4.79 Å². The molecule has 1 aromatic carbocycles. The van der Waals surface area contributed by atoms with Gasteiger partial charge in [0.25, 0.3) is 5.91 Å². The van der Waals surface area contributed by atoms with Gasteiger partial charge in [-0.2, -0.15) is 0 Å². The van der Waals surface area contributed by atoms with Gasteiger partial charge in [0.05, 0.1) is 6.10 Å². The first-order valence-electron chi connectivity index (χ1n) is 5.76. The van der Waals surface area contributed by atoms with Crippen LogP contribution in [0.3, 0.4) is 0 Å². The van der Waals surface area contributed by atoms with Crippen LogP contribution in [0.2, 0.25) is 0 Å². The molecule has 4 nitrogen and oxygen atoms in total. The van der Waals surface area contributed by atoms with Crippen LogP contribution in [0.4, 0.5) is 0 Å². The number of rotatable bonds is 5. The number of nitrogens with one attached hydrogen (secondary N) is 1. The highest BCUT2D eigenvalue weighted by molar-refractivity contribution is 5.94. The Bertz CT molecular complexity index is 388. The maximum atomic E-state index is 11.7. The number of hydrogen-bond donors (Lipinski definition) is 3. The quantitative estimate of drug-likeness (QED) is 0.681. The second kappa shape index (κ2) is 6.25. The van der Waals surface area contributed by atoms with Gasteiger partial charge in [-0.25, -0.2) is 0 Å². The Labute approximate surface area is 101 Å². The average molecular weight is 237 g/mol. The summed E-state index contributed by atoms with van der Waals surface area (Å²) in [7, 11) is 0. The van der Waals surface area contributed by atoms with E-state index in [1.54, 1.807) is 26.0 Å². The normalized spacial score (nSPS) is 12.2. The summed E-state index contributed by atoms with van der Waals surface area (Å²) in [5.41, 5.74) is 1.22. The van der Waals surface area contributed by atoms with Gasteiger partial charge in [0.2, 0.25) is 0 Å². The molecule has 0 fully saturated rings. The molecule has 0 aliphatic carbocycles. The van der Waals surface area contributed by atoms with Crippen LogP contribution in [-0.2, 0) is 0 Å². The van der Waals surface area contributed by atoms with E-state index in [0.29, 0.717) is 24.1 Å². The molecule has 1 amide bonds. The van der Waals surface area contributed by atoms with Crippen LogP contribution in [0.15, 0.2) is 18.2 Å². The van der Waals surface area contributed by atoms with E-state index >= 15 is 0 Å². The summed E-state index contributed by atoms with van der Waals surface area (Å²) in [6, 6.07) is 4.76. The molecule has 1 unspecified atom stereocenters. The maximum Gasteiger partial charge on any atom is 0.251 e. The number of carbonyl (C=O) groups excluding carboxylic acids is 1. The maximum absolute atomic E-state index is 11.7. The molecule has 0 heterocycles. The highest BCUT2D eigenvalue weighted by atomic mass is 16.3. The molecule has 0 radical (unpaired) electrons. The Kier molecular flexibility index (Phi) is 4.97. The number of aromatic hydroxyl groups is 1. The number of benzene rings is 1. The van der Waals surface area contributed by atoms with Crippen LogP contribution in [0.25, 0.3) is 0 Å². The predicted octanol–water partition coefficient (Wildman–Crippen LogP) is 1.59. The zero-order chi connectivity index (χ0) is 12.8. The molecule has 94 valence electrons. The van der Waals surface area contributed by atoms with Crippen molar-refractivity contribution in [3.05, 3.63) is 29.3 Å². The van der Waals surface area contributed by atoms with Gasteiger partial charge in [-0.05, 0) is 50.5 Å². The second-order valence-corrected chi connectivity index (χ2v) is 4.25. The summed E-state index contributed by atoms with van der Waals surface area (Å²) >= 11 is 0. The van der Waals surface area contributed by atoms with E-state index in [1.807, 2.05) is 0 Å². The summed E-state index contributed by atoms with van der Waals surface area (Å²) in [5, 5.41) is 21.2. The van der Waals surface area contributed by atoms with E-state index in [2.05, 4.69) is 5.32 Å². The number of carbonyl (C=O) groups is 1. The van der Waals surface area contributed by atoms with Crippen molar-refractivity contribution in [1.82, 2.24) is 5.32 Å². The number of amides is 1. The fourth-order valence-corrected chi connectivity index (χ4v) is 1.50. The second-order valence-electron chi connectivity index (χ2n) is 4.25. The predicted molar refractivity (Wildman–Crippen MR) is 66.1 cm³/mol. The minimum absolute atomic E-state index is 0.154. The molecule has 0 aliphatic rings. The summed E-state index contributed by atoms with van der Waals surface area (Å²) < 4.78 is 0. The fourth-order valence-electron chi connectivity index (χ4n) is 1.50. The molecule has 0 saturated carbocycles. The van der Waals surface area contributed by atoms with Crippen LogP contribution < -0.4 is 5.32 Å². The van der Waals surface area contributed by atoms with Gasteiger partial charge in [0, 0.05) is 12.1 Å². The van der Waals surface area contributed by atoms with Crippen LogP contribution in [-0.4, -0.2) is 28.8 Å². The molecule has 1 atom stereocenters. The third-order valence-electron chi connectivity index (χ3n) is 2.54. The van der Waals surface area contributed by atoms with Crippen molar-refractivity contribution < 1.29 is 15.0 Å². The van der Waals surface area contributed by atoms with Crippen LogP contribution in [0.5, 0.6) is 5.75 Å². The molecule has 0 bridgehead atoms. The Morgan fingerprint density at radius 2 is 2.18 bits per heavy atom. The van der Waals surface area contributed by atoms with Crippen LogP contribution in [0, 0.1) is 6.92 Å². The zero-order valence-corrected chi connectivity index (χ0v) is 10.2. The van der Waals surface area contributed by atoms with Crippen LogP contribution >= 0.6 is 0 Å². The lowest BCUT2D eigenvalue weighted by atomic mass is 10.1. The van der Waals surface area contributed by atoms with Crippen molar-refractivity contribution in [2.24, 2.45) is 0 Å². The van der Waals surface area contributed by atoms with E-state index < -0.39 is 0 Å². The molecule has 4 heteroatoms. The van der Waals surface area contributed by atoms with Gasteiger partial charge in [0.1, 0.15) is 5.75 Å². The highest BCUT2D eigenvalue weighted by Crippen LogP contribution is 2.16. The number of aliphatic hydroxyl groups is 1. The van der Waals surface area contributed by atoms with Gasteiger partial charge < -0.3 is 15.5 Å². The molecule has 0 spiro atoms. The standard InChI is InChI=1S/C13H19NO3/c1-9-8-11(5-6-12(9)16)13(17)14-7-3-4-10(2)15/h5-6,8,10,15-16H,3-4,7H2,1-2H3,(H,14,17). The number of phenols is 1. The largest absolute Gasteiger partial charge is 0.508 e. The topological polar surface area (TPSA) is 69.6 Å². The van der Waals surface area contributed by atoms with Gasteiger partial charge in [0.15, 0.2) is 0 Å². The van der Waals surface area contributed by atoms with Crippen molar-refractivity contribution in [2.75, 3.05) is 6.54 Å². The summed E-state index contributed by atoms with van der Waals surface area (Å²) in [5.74, 6) is 0.0364. The minimum atomic E-state index is -0.331. The van der Waals surface area contributed by atoms with E-state index in [0.717, 1.165) is 6.42 Å². The number of phenolic OH excluding ortho intramolecular Hbond substituents is 1. The lowest BCUT2D eigenvalue weighted by Crippen LogP contribution is -2.25. The summed E-state index contributed by atoms with van der Waals surface area (Å²) in [6.07, 6.45) is 1.10. The molecule has 3 N–H and O–H groups in total. The lowest BCUT2D eigenvalue weighted by Gasteiger charge is -2.07. The number of hydrogen-bond acceptors (Lipinski definition) is 3. The van der Waals surface area contributed by atoms with E-state index in [9.17, 15) is 9.90 Å². The monoisotopic (exact) mass is 237 g/mol. The molecular weight excluding hydrogens is 218 g/mol. The number of aliphatic hydroxyl groups excluding tert-OH is 1. The highest BCUT2D eigenvalue weighted by Gasteiger charge is 2.06. The Hall–Kier alpha value is -1.55. The van der Waals surface area contributed by atoms with Crippen LogP contribution in [0.1, 0.15) is 35.7 Å². The Balaban J connectivity index is 2.44. The Morgan fingerprint density at radius 3 is 2.76 bits per heavy atom. The van der Waals surface area contributed by atoms with E-state index in [4.69, 9.17) is 5.11 Å². The molecule has 0 aliphatic heterocycles. The first kappa shape index (κ1) is 13.5. The number of aryl methyl sites for hydroxylation is 1. The van der Waals surface area contributed by atoms with E-state index in [-0.39, 0.29) is 17.8 Å². The van der Waals surface area contributed by atoms with Crippen molar-refractivity contribution >= 4 is 5.91 Å². The molecule has 17 heavy (non-hydrogen) atoms. The zero-order valence-electron chi connectivity index (χ0n) is 10.2. The SMILES string of the molecule is Cc1cc(C(=O)NCCCC(C)O)ccc1O. The first-order chi connectivity index (χ1) is 8.00. The molecule has 1 aromatic rings. The molecule has 0 saturated heterocycles. The van der Waals surface area contributed by atoms with Gasteiger partial charge in [-0.1, -0.05) is 0 Å². The van der Waals surface area contributed by atoms with Crippen molar-refractivity contribution in [1.29, 1.82) is 0 Å². The fraction of sp³-hybridized carbons (Fsp3) is 0.462. The average Bonchev–Trinajstić information content (AvgIpc) is 2.27. The Morgan fingerprint density at radius 1 is 1.47 bits per heavy atom. The summed E-state index contributed by atoms with van der Waals surface area (Å²) in [4.78, 5) is 11.7. The molecule has 1 rings (SSSR count). The van der Waals surface area contributed by atoms with Crippen molar-refractivity contribution in [2.45, 2.75) is 32.8 Å². The van der Waals surface area contributed by atoms with Crippen molar-refractivity contribution in [3.8, 4) is 5.75 Å². The third-order valence-corrected chi connectivity index (χ3v) is 2.54. The molecule has 0 aromatic heterocycles. The molecular formula is C13H19NO3. The van der Waals surface area contributed by atoms with Gasteiger partial charge >= 0.3 is 0 Å². The lowest BCUT2D eigenvalue weighted by molar-refractivity contribution is 0.0949. The van der Waals surface area contributed by atoms with Crippen molar-refractivity contribution in [3.63, 3.8) is 0 Å². The minimum Gasteiger partial charge on any atom is -0.508 e. The first-order valence-corrected chi connectivity index (χ1v) is 5.76.